The highest BCUT2D eigenvalue weighted by Gasteiger charge is 2.28. The first-order chi connectivity index (χ1) is 10.2. The normalized spacial score (nSPS) is 22.7. The summed E-state index contributed by atoms with van der Waals surface area (Å²) in [6, 6.07) is 0. The maximum absolute atomic E-state index is 10.7. The molecule has 0 unspecified atom stereocenters. The largest absolute Gasteiger partial charge is 0.392 e. The van der Waals surface area contributed by atoms with E-state index in [9.17, 15) is 4.79 Å². The fourth-order valence-corrected chi connectivity index (χ4v) is 3.93. The molecule has 0 saturated heterocycles. The van der Waals surface area contributed by atoms with Crippen LogP contribution in [0.1, 0.15) is 80.1 Å². The minimum absolute atomic E-state index is 0. The molecule has 3 heteroatoms. The number of hydrogen-bond acceptors (Lipinski definition) is 2. The number of aliphatic hydroxyl groups is 1. The molecule has 2 nitrogen and oxygen atoms in total. The molecule has 0 aromatic heterocycles. The molecule has 2 aliphatic rings. The summed E-state index contributed by atoms with van der Waals surface area (Å²) in [6.45, 7) is 13.2. The van der Waals surface area contributed by atoms with Crippen molar-refractivity contribution in [3.8, 4) is 0 Å². The van der Waals surface area contributed by atoms with Gasteiger partial charge in [0.05, 0.1) is 6.61 Å². The smallest absolute Gasteiger partial charge is 0.146 e. The van der Waals surface area contributed by atoms with Crippen molar-refractivity contribution in [3.63, 3.8) is 0 Å². The van der Waals surface area contributed by atoms with E-state index in [0.29, 0.717) is 0 Å². The van der Waals surface area contributed by atoms with Crippen LogP contribution in [0.5, 0.6) is 0 Å². The molecule has 0 fully saturated rings. The van der Waals surface area contributed by atoms with Gasteiger partial charge in [-0.2, -0.15) is 0 Å². The predicted octanol–water partition coefficient (Wildman–Crippen LogP) is 4.84. The maximum atomic E-state index is 10.7. The number of hydrogen-bond donors (Lipinski definition) is 1. The van der Waals surface area contributed by atoms with Crippen molar-refractivity contribution < 1.29 is 9.90 Å². The van der Waals surface area contributed by atoms with E-state index in [1.807, 2.05) is 0 Å². The topological polar surface area (TPSA) is 37.3 Å². The van der Waals surface area contributed by atoms with Gasteiger partial charge in [0.25, 0.3) is 0 Å². The van der Waals surface area contributed by atoms with Gasteiger partial charge >= 0.3 is 0 Å². The van der Waals surface area contributed by atoms with Crippen molar-refractivity contribution in [2.24, 2.45) is 10.8 Å². The van der Waals surface area contributed by atoms with Gasteiger partial charge in [-0.05, 0) is 74.3 Å². The maximum Gasteiger partial charge on any atom is 0.146 e. The van der Waals surface area contributed by atoms with Gasteiger partial charge in [-0.25, -0.2) is 0 Å². The Hall–Kier alpha value is -0.825. The van der Waals surface area contributed by atoms with Crippen LogP contribution in [0.4, 0.5) is 0 Å². The highest BCUT2D eigenvalue weighted by Crippen LogP contribution is 2.39. The highest BCUT2D eigenvalue weighted by molar-refractivity contribution is 5.76. The second-order valence-corrected chi connectivity index (χ2v) is 8.20. The quantitative estimate of drug-likeness (QED) is 0.450. The molecule has 0 aliphatic heterocycles. The van der Waals surface area contributed by atoms with E-state index in [4.69, 9.17) is 5.11 Å². The van der Waals surface area contributed by atoms with E-state index >= 15 is 0 Å². The Bertz CT molecular complexity index is 470. The molecule has 0 heterocycles. The van der Waals surface area contributed by atoms with Crippen molar-refractivity contribution >= 4 is 14.7 Å². The standard InChI is InChI=1S/C10H18O.C10H16O.B/c2*1-8-5-4-6-10(2,3)9(8)7-11;/h11H,4-7H2,1-3H3;7H,4-6H2,1-3H3;. The van der Waals surface area contributed by atoms with Crippen LogP contribution >= 0.6 is 0 Å². The second kappa shape index (κ2) is 8.87. The lowest BCUT2D eigenvalue weighted by molar-refractivity contribution is -0.106. The molecule has 0 aromatic rings. The number of aldehydes is 1. The molecule has 0 spiro atoms. The summed E-state index contributed by atoms with van der Waals surface area (Å²) in [5.41, 5.74) is 5.37. The van der Waals surface area contributed by atoms with E-state index in [2.05, 4.69) is 41.5 Å². The monoisotopic (exact) mass is 317 g/mol. The van der Waals surface area contributed by atoms with Crippen LogP contribution in [0.3, 0.4) is 0 Å². The Morgan fingerprint density at radius 3 is 1.74 bits per heavy atom. The Kier molecular flexibility index (Phi) is 8.55. The lowest BCUT2D eigenvalue weighted by Gasteiger charge is -2.33. The lowest BCUT2D eigenvalue weighted by Crippen LogP contribution is -2.22. The average Bonchev–Trinajstić information content (AvgIpc) is 2.38. The van der Waals surface area contributed by atoms with Crippen LogP contribution in [0.25, 0.3) is 0 Å². The Morgan fingerprint density at radius 1 is 0.957 bits per heavy atom. The number of allylic oxidation sites excluding steroid dienone is 3. The molecule has 0 atom stereocenters. The summed E-state index contributed by atoms with van der Waals surface area (Å²) in [4.78, 5) is 10.7. The van der Waals surface area contributed by atoms with E-state index in [1.54, 1.807) is 0 Å². The summed E-state index contributed by atoms with van der Waals surface area (Å²) >= 11 is 0. The first kappa shape index (κ1) is 22.2. The Labute approximate surface area is 145 Å². The first-order valence-electron chi connectivity index (χ1n) is 8.61. The van der Waals surface area contributed by atoms with Gasteiger partial charge in [-0.15, -0.1) is 0 Å². The van der Waals surface area contributed by atoms with Crippen LogP contribution in [0.2, 0.25) is 0 Å². The molecular weight excluding hydrogens is 283 g/mol. The van der Waals surface area contributed by atoms with Crippen molar-refractivity contribution in [3.05, 3.63) is 22.3 Å². The SMILES string of the molecule is CC1=C(C=O)C(C)(C)CCC1.CC1=C(CO)C(C)(C)CCC1.[B]. The number of carbonyl (C=O) groups excluding carboxylic acids is 1. The fraction of sp³-hybridized carbons (Fsp3) is 0.750. The summed E-state index contributed by atoms with van der Waals surface area (Å²) in [7, 11) is 0. The van der Waals surface area contributed by atoms with E-state index in [1.165, 1.54) is 42.4 Å². The number of carbonyl (C=O) groups is 1. The van der Waals surface area contributed by atoms with E-state index < -0.39 is 0 Å². The Morgan fingerprint density at radius 2 is 1.43 bits per heavy atom. The predicted molar refractivity (Wildman–Crippen MR) is 99.6 cm³/mol. The van der Waals surface area contributed by atoms with Gasteiger partial charge in [-0.1, -0.05) is 38.8 Å². The lowest BCUT2D eigenvalue weighted by atomic mass is 9.73. The summed E-state index contributed by atoms with van der Waals surface area (Å²) in [5, 5.41) is 9.14. The van der Waals surface area contributed by atoms with Gasteiger partial charge in [-0.3, -0.25) is 4.79 Å². The fourth-order valence-electron chi connectivity index (χ4n) is 3.93. The third-order valence-electron chi connectivity index (χ3n) is 5.50. The van der Waals surface area contributed by atoms with Crippen LogP contribution in [0, 0.1) is 10.8 Å². The van der Waals surface area contributed by atoms with Gasteiger partial charge in [0.2, 0.25) is 0 Å². The van der Waals surface area contributed by atoms with Crippen LogP contribution in [0.15, 0.2) is 22.3 Å². The third kappa shape index (κ3) is 5.63. The molecule has 1 N–H and O–H groups in total. The average molecular weight is 317 g/mol. The molecule has 2 rings (SSSR count). The zero-order chi connectivity index (χ0) is 17.0. The summed E-state index contributed by atoms with van der Waals surface area (Å²) in [6.07, 6.45) is 8.21. The van der Waals surface area contributed by atoms with Crippen LogP contribution in [-0.2, 0) is 4.79 Å². The molecule has 2 aliphatic carbocycles. The van der Waals surface area contributed by atoms with E-state index in [0.717, 1.165) is 24.7 Å². The molecule has 0 amide bonds. The molecule has 0 aromatic carbocycles. The first-order valence-corrected chi connectivity index (χ1v) is 8.61. The molecule has 3 radical (unpaired) electrons. The summed E-state index contributed by atoms with van der Waals surface area (Å²) < 4.78 is 0. The van der Waals surface area contributed by atoms with Gasteiger partial charge in [0.1, 0.15) is 6.29 Å². The number of rotatable bonds is 2. The summed E-state index contributed by atoms with van der Waals surface area (Å²) in [5.74, 6) is 0. The van der Waals surface area contributed by atoms with Crippen LogP contribution in [-0.4, -0.2) is 26.4 Å². The molecule has 0 bridgehead atoms. The third-order valence-corrected chi connectivity index (χ3v) is 5.50. The van der Waals surface area contributed by atoms with E-state index in [-0.39, 0.29) is 25.8 Å². The number of aliphatic hydroxyl groups excluding tert-OH is 1. The molecule has 23 heavy (non-hydrogen) atoms. The highest BCUT2D eigenvalue weighted by atomic mass is 16.3. The zero-order valence-electron chi connectivity index (χ0n) is 16.0. The van der Waals surface area contributed by atoms with Crippen molar-refractivity contribution in [1.82, 2.24) is 0 Å². The molecule has 0 saturated carbocycles. The molecular formula is C20H34BO2. The zero-order valence-corrected chi connectivity index (χ0v) is 16.0. The van der Waals surface area contributed by atoms with Crippen molar-refractivity contribution in [2.45, 2.75) is 80.1 Å². The second-order valence-electron chi connectivity index (χ2n) is 8.20. The van der Waals surface area contributed by atoms with Crippen molar-refractivity contribution in [2.75, 3.05) is 6.61 Å². The Balaban J connectivity index is 0.000000403. The minimum Gasteiger partial charge on any atom is -0.392 e. The van der Waals surface area contributed by atoms with Gasteiger partial charge in [0, 0.05) is 8.41 Å². The minimum atomic E-state index is 0. The molecule has 129 valence electrons. The van der Waals surface area contributed by atoms with Crippen LogP contribution < -0.4 is 0 Å². The van der Waals surface area contributed by atoms with Crippen molar-refractivity contribution in [1.29, 1.82) is 0 Å². The van der Waals surface area contributed by atoms with Gasteiger partial charge < -0.3 is 5.11 Å². The van der Waals surface area contributed by atoms with Gasteiger partial charge in [0.15, 0.2) is 0 Å².